The fourth-order valence-corrected chi connectivity index (χ4v) is 1.86. The van der Waals surface area contributed by atoms with Gasteiger partial charge in [0.05, 0.1) is 6.61 Å². The van der Waals surface area contributed by atoms with Gasteiger partial charge in [0.1, 0.15) is 5.82 Å². The molecule has 0 amide bonds. The van der Waals surface area contributed by atoms with Crippen LogP contribution in [0.5, 0.6) is 6.01 Å². The molecule has 6 heteroatoms. The standard InChI is InChI=1S/C12H19N5O/c1-4-6-7-18-12-15-10(13)9-11(16-12)17(5-2)8(3)14-9/h4-7H2,1-3H3,(H2,13,15,16). The summed E-state index contributed by atoms with van der Waals surface area (Å²) in [6.45, 7) is 7.50. The summed E-state index contributed by atoms with van der Waals surface area (Å²) in [5.41, 5.74) is 7.29. The van der Waals surface area contributed by atoms with E-state index in [1.807, 2.05) is 18.4 Å². The van der Waals surface area contributed by atoms with E-state index in [9.17, 15) is 0 Å². The molecule has 2 aromatic rings. The van der Waals surface area contributed by atoms with Crippen molar-refractivity contribution in [2.45, 2.75) is 40.2 Å². The lowest BCUT2D eigenvalue weighted by molar-refractivity contribution is 0.286. The Balaban J connectivity index is 2.39. The monoisotopic (exact) mass is 249 g/mol. The van der Waals surface area contributed by atoms with Crippen molar-refractivity contribution in [3.05, 3.63) is 5.82 Å². The molecule has 98 valence electrons. The minimum Gasteiger partial charge on any atom is -0.463 e. The third-order valence-electron chi connectivity index (χ3n) is 2.84. The highest BCUT2D eigenvalue weighted by atomic mass is 16.5. The molecule has 0 fully saturated rings. The van der Waals surface area contributed by atoms with Crippen LogP contribution in [0, 0.1) is 6.92 Å². The zero-order valence-corrected chi connectivity index (χ0v) is 11.1. The number of unbranched alkanes of at least 4 members (excludes halogenated alkanes) is 1. The first-order chi connectivity index (χ1) is 8.67. The smallest absolute Gasteiger partial charge is 0.320 e. The van der Waals surface area contributed by atoms with Gasteiger partial charge in [0.2, 0.25) is 0 Å². The van der Waals surface area contributed by atoms with Crippen molar-refractivity contribution in [2.75, 3.05) is 12.3 Å². The quantitative estimate of drug-likeness (QED) is 0.819. The van der Waals surface area contributed by atoms with Crippen LogP contribution in [-0.2, 0) is 6.54 Å². The molecule has 0 atom stereocenters. The Labute approximate surface area is 106 Å². The number of hydrogen-bond donors (Lipinski definition) is 1. The highest BCUT2D eigenvalue weighted by molar-refractivity contribution is 5.82. The number of anilines is 1. The molecule has 0 aliphatic rings. The summed E-state index contributed by atoms with van der Waals surface area (Å²) in [7, 11) is 0. The minimum absolute atomic E-state index is 0.336. The normalized spacial score (nSPS) is 11.1. The number of nitrogen functional groups attached to an aromatic ring is 1. The van der Waals surface area contributed by atoms with Crippen molar-refractivity contribution in [1.29, 1.82) is 0 Å². The molecule has 0 unspecified atom stereocenters. The summed E-state index contributed by atoms with van der Waals surface area (Å²) in [6, 6.07) is 0.336. The van der Waals surface area contributed by atoms with Gasteiger partial charge in [-0.3, -0.25) is 0 Å². The molecule has 18 heavy (non-hydrogen) atoms. The Morgan fingerprint density at radius 2 is 2.00 bits per heavy atom. The highest BCUT2D eigenvalue weighted by Crippen LogP contribution is 2.21. The topological polar surface area (TPSA) is 78.9 Å². The van der Waals surface area contributed by atoms with Gasteiger partial charge in [0.25, 0.3) is 0 Å². The van der Waals surface area contributed by atoms with Crippen LogP contribution in [0.2, 0.25) is 0 Å². The molecule has 2 aromatic heterocycles. The van der Waals surface area contributed by atoms with Gasteiger partial charge in [-0.05, 0) is 20.3 Å². The van der Waals surface area contributed by atoms with Gasteiger partial charge in [-0.15, -0.1) is 0 Å². The van der Waals surface area contributed by atoms with Crippen molar-refractivity contribution in [2.24, 2.45) is 0 Å². The first-order valence-corrected chi connectivity index (χ1v) is 6.30. The van der Waals surface area contributed by atoms with Crippen molar-refractivity contribution < 1.29 is 4.74 Å². The third kappa shape index (κ3) is 2.23. The van der Waals surface area contributed by atoms with Crippen LogP contribution in [0.4, 0.5) is 5.82 Å². The Bertz CT molecular complexity index is 549. The largest absolute Gasteiger partial charge is 0.463 e. The molecule has 0 radical (unpaired) electrons. The molecule has 2 N–H and O–H groups in total. The number of fused-ring (bicyclic) bond motifs is 1. The first kappa shape index (κ1) is 12.6. The van der Waals surface area contributed by atoms with E-state index >= 15 is 0 Å². The zero-order valence-electron chi connectivity index (χ0n) is 11.1. The molecule has 6 nitrogen and oxygen atoms in total. The number of nitrogens with zero attached hydrogens (tertiary/aromatic N) is 4. The van der Waals surface area contributed by atoms with E-state index in [0.717, 1.165) is 30.9 Å². The van der Waals surface area contributed by atoms with Gasteiger partial charge in [-0.1, -0.05) is 13.3 Å². The number of rotatable bonds is 5. The van der Waals surface area contributed by atoms with Crippen molar-refractivity contribution in [3.8, 4) is 6.01 Å². The number of nitrogens with two attached hydrogens (primary N) is 1. The van der Waals surface area contributed by atoms with E-state index in [4.69, 9.17) is 10.5 Å². The Hall–Kier alpha value is -1.85. The number of ether oxygens (including phenoxy) is 1. The van der Waals surface area contributed by atoms with E-state index < -0.39 is 0 Å². The molecule has 2 heterocycles. The summed E-state index contributed by atoms with van der Waals surface area (Å²) in [5, 5.41) is 0. The van der Waals surface area contributed by atoms with Crippen LogP contribution in [-0.4, -0.2) is 26.1 Å². The van der Waals surface area contributed by atoms with Crippen LogP contribution in [0.25, 0.3) is 11.2 Å². The third-order valence-corrected chi connectivity index (χ3v) is 2.84. The lowest BCUT2D eigenvalue weighted by atomic mass is 10.4. The second kappa shape index (κ2) is 5.20. The number of hydrogen-bond acceptors (Lipinski definition) is 5. The minimum atomic E-state index is 0.336. The summed E-state index contributed by atoms with van der Waals surface area (Å²) < 4.78 is 7.50. The molecule has 0 aliphatic heterocycles. The Morgan fingerprint density at radius 1 is 1.22 bits per heavy atom. The predicted octanol–water partition coefficient (Wildman–Crippen LogP) is 1.92. The molecule has 0 aromatic carbocycles. The van der Waals surface area contributed by atoms with Gasteiger partial charge in [-0.25, -0.2) is 4.98 Å². The zero-order chi connectivity index (χ0) is 13.1. The molecule has 2 rings (SSSR count). The number of aryl methyl sites for hydroxylation is 2. The van der Waals surface area contributed by atoms with Gasteiger partial charge in [0, 0.05) is 6.54 Å². The van der Waals surface area contributed by atoms with E-state index in [-0.39, 0.29) is 0 Å². The van der Waals surface area contributed by atoms with Crippen LogP contribution in [0.3, 0.4) is 0 Å². The Morgan fingerprint density at radius 3 is 2.67 bits per heavy atom. The van der Waals surface area contributed by atoms with Crippen LogP contribution in [0.1, 0.15) is 32.5 Å². The van der Waals surface area contributed by atoms with Gasteiger partial charge in [-0.2, -0.15) is 9.97 Å². The Kier molecular flexibility index (Phi) is 3.64. The summed E-state index contributed by atoms with van der Waals surface area (Å²) in [6.07, 6.45) is 2.05. The summed E-state index contributed by atoms with van der Waals surface area (Å²) >= 11 is 0. The molecule has 0 saturated heterocycles. The first-order valence-electron chi connectivity index (χ1n) is 6.30. The lowest BCUT2D eigenvalue weighted by Crippen LogP contribution is -2.05. The fraction of sp³-hybridized carbons (Fsp3) is 0.583. The van der Waals surface area contributed by atoms with Crippen molar-refractivity contribution >= 4 is 17.0 Å². The second-order valence-electron chi connectivity index (χ2n) is 4.17. The number of aromatic nitrogens is 4. The molecular weight excluding hydrogens is 230 g/mol. The molecular formula is C12H19N5O. The average Bonchev–Trinajstić information content (AvgIpc) is 2.66. The summed E-state index contributed by atoms with van der Waals surface area (Å²) in [5.74, 6) is 1.26. The van der Waals surface area contributed by atoms with Gasteiger partial charge in [0.15, 0.2) is 17.0 Å². The fourth-order valence-electron chi connectivity index (χ4n) is 1.86. The van der Waals surface area contributed by atoms with Crippen LogP contribution < -0.4 is 10.5 Å². The average molecular weight is 249 g/mol. The van der Waals surface area contributed by atoms with Crippen LogP contribution >= 0.6 is 0 Å². The predicted molar refractivity (Wildman–Crippen MR) is 70.5 cm³/mol. The maximum absolute atomic E-state index is 5.89. The second-order valence-corrected chi connectivity index (χ2v) is 4.17. The molecule has 0 spiro atoms. The van der Waals surface area contributed by atoms with E-state index in [1.165, 1.54) is 0 Å². The molecule has 0 saturated carbocycles. The summed E-state index contributed by atoms with van der Waals surface area (Å²) in [4.78, 5) is 12.9. The van der Waals surface area contributed by atoms with Crippen LogP contribution in [0.15, 0.2) is 0 Å². The van der Waals surface area contributed by atoms with E-state index in [1.54, 1.807) is 0 Å². The molecule has 0 aliphatic carbocycles. The SMILES string of the molecule is CCCCOc1nc(N)c2nc(C)n(CC)c2n1. The highest BCUT2D eigenvalue weighted by Gasteiger charge is 2.13. The van der Waals surface area contributed by atoms with Gasteiger partial charge < -0.3 is 15.0 Å². The lowest BCUT2D eigenvalue weighted by Gasteiger charge is -2.05. The molecule has 0 bridgehead atoms. The van der Waals surface area contributed by atoms with Crippen molar-refractivity contribution in [3.63, 3.8) is 0 Å². The van der Waals surface area contributed by atoms with Gasteiger partial charge >= 0.3 is 6.01 Å². The maximum atomic E-state index is 5.89. The van der Waals surface area contributed by atoms with Crippen molar-refractivity contribution in [1.82, 2.24) is 19.5 Å². The van der Waals surface area contributed by atoms with E-state index in [2.05, 4.69) is 21.9 Å². The maximum Gasteiger partial charge on any atom is 0.320 e. The number of imidazole rings is 1. The van der Waals surface area contributed by atoms with E-state index in [0.29, 0.717) is 24.0 Å².